The van der Waals surface area contributed by atoms with Gasteiger partial charge in [0, 0.05) is 0 Å². The number of carbonyl (C=O) groups is 1. The SMILES string of the molecule is NC(C[C@H](N)[C]=O)C(=O)O. The van der Waals surface area contributed by atoms with Crippen molar-refractivity contribution in [3.05, 3.63) is 0 Å². The zero-order valence-electron chi connectivity index (χ0n) is 5.28. The van der Waals surface area contributed by atoms with Gasteiger partial charge in [0.25, 0.3) is 0 Å². The number of rotatable bonds is 4. The third-order valence-electron chi connectivity index (χ3n) is 0.976. The van der Waals surface area contributed by atoms with Gasteiger partial charge in [-0.3, -0.25) is 9.59 Å². The van der Waals surface area contributed by atoms with Crippen LogP contribution < -0.4 is 11.5 Å². The first-order chi connectivity index (χ1) is 4.57. The number of carboxylic acid groups (broad SMARTS) is 1. The van der Waals surface area contributed by atoms with Crippen LogP contribution in [-0.2, 0) is 9.59 Å². The van der Waals surface area contributed by atoms with Crippen LogP contribution in [0.5, 0.6) is 0 Å². The lowest BCUT2D eigenvalue weighted by Crippen LogP contribution is -2.37. The average molecular weight is 145 g/mol. The summed E-state index contributed by atoms with van der Waals surface area (Å²) in [7, 11) is 0. The molecule has 2 atom stereocenters. The molecule has 0 rings (SSSR count). The van der Waals surface area contributed by atoms with Crippen molar-refractivity contribution >= 4 is 12.3 Å². The van der Waals surface area contributed by atoms with Crippen LogP contribution in [0.3, 0.4) is 0 Å². The summed E-state index contributed by atoms with van der Waals surface area (Å²) >= 11 is 0. The Hall–Kier alpha value is -0.940. The zero-order valence-corrected chi connectivity index (χ0v) is 5.28. The van der Waals surface area contributed by atoms with Gasteiger partial charge in [0.1, 0.15) is 6.04 Å². The predicted octanol–water partition coefficient (Wildman–Crippen LogP) is -1.77. The van der Waals surface area contributed by atoms with Crippen LogP contribution in [0, 0.1) is 0 Å². The fraction of sp³-hybridized carbons (Fsp3) is 0.600. The van der Waals surface area contributed by atoms with Gasteiger partial charge in [-0.2, -0.15) is 0 Å². The van der Waals surface area contributed by atoms with Crippen LogP contribution in [0.25, 0.3) is 0 Å². The molecular weight excluding hydrogens is 136 g/mol. The van der Waals surface area contributed by atoms with Crippen molar-refractivity contribution in [1.82, 2.24) is 0 Å². The van der Waals surface area contributed by atoms with Crippen molar-refractivity contribution in [3.8, 4) is 0 Å². The van der Waals surface area contributed by atoms with Crippen molar-refractivity contribution < 1.29 is 14.7 Å². The van der Waals surface area contributed by atoms with E-state index in [0.717, 1.165) is 0 Å². The summed E-state index contributed by atoms with van der Waals surface area (Å²) in [6.07, 6.45) is 1.36. The third-order valence-corrected chi connectivity index (χ3v) is 0.976. The highest BCUT2D eigenvalue weighted by atomic mass is 16.4. The van der Waals surface area contributed by atoms with E-state index in [2.05, 4.69) is 0 Å². The molecule has 0 aliphatic rings. The molecule has 1 unspecified atom stereocenters. The Morgan fingerprint density at radius 2 is 2.10 bits per heavy atom. The molecule has 0 aliphatic carbocycles. The number of hydrogen-bond acceptors (Lipinski definition) is 4. The Balaban J connectivity index is 3.67. The molecule has 0 saturated heterocycles. The monoisotopic (exact) mass is 145 g/mol. The molecule has 5 heteroatoms. The predicted molar refractivity (Wildman–Crippen MR) is 33.9 cm³/mol. The standard InChI is InChI=1S/C5H9N2O3/c6-3(2-8)1-4(7)5(9)10/h3-4H,1,6-7H2,(H,9,10)/t3-,4?/m0/s1. The molecule has 0 aliphatic heterocycles. The number of hydrogen-bond donors (Lipinski definition) is 3. The van der Waals surface area contributed by atoms with E-state index >= 15 is 0 Å². The van der Waals surface area contributed by atoms with E-state index in [1.54, 1.807) is 0 Å². The van der Waals surface area contributed by atoms with Crippen molar-refractivity contribution in [2.45, 2.75) is 18.5 Å². The lowest BCUT2D eigenvalue weighted by molar-refractivity contribution is -0.138. The maximum absolute atomic E-state index is 10.0. The van der Waals surface area contributed by atoms with Crippen molar-refractivity contribution in [2.75, 3.05) is 0 Å². The van der Waals surface area contributed by atoms with Crippen LogP contribution in [0.15, 0.2) is 0 Å². The highest BCUT2D eigenvalue weighted by Crippen LogP contribution is 1.90. The fourth-order valence-corrected chi connectivity index (χ4v) is 0.423. The normalized spacial score (nSPS) is 15.8. The molecule has 0 fully saturated rings. The minimum atomic E-state index is -1.16. The molecule has 0 bridgehead atoms. The molecule has 0 aromatic heterocycles. The van der Waals surface area contributed by atoms with Gasteiger partial charge in [0.05, 0.1) is 6.04 Å². The Labute approximate surface area is 58.0 Å². The smallest absolute Gasteiger partial charge is 0.320 e. The maximum Gasteiger partial charge on any atom is 0.320 e. The Kier molecular flexibility index (Phi) is 3.60. The molecule has 1 radical (unpaired) electrons. The molecule has 0 spiro atoms. The van der Waals surface area contributed by atoms with Gasteiger partial charge >= 0.3 is 5.97 Å². The van der Waals surface area contributed by atoms with Crippen LogP contribution in [-0.4, -0.2) is 29.4 Å². The van der Waals surface area contributed by atoms with Gasteiger partial charge in [-0.05, 0) is 6.42 Å². The number of carboxylic acids is 1. The molecular formula is C5H9N2O3. The maximum atomic E-state index is 10.0. The van der Waals surface area contributed by atoms with Gasteiger partial charge in [-0.25, -0.2) is 0 Å². The van der Waals surface area contributed by atoms with Gasteiger partial charge in [0.15, 0.2) is 0 Å². The summed E-state index contributed by atoms with van der Waals surface area (Å²) in [5.74, 6) is -1.16. The van der Waals surface area contributed by atoms with Crippen molar-refractivity contribution in [1.29, 1.82) is 0 Å². The summed E-state index contributed by atoms with van der Waals surface area (Å²) in [6, 6.07) is -1.97. The van der Waals surface area contributed by atoms with E-state index in [1.807, 2.05) is 0 Å². The van der Waals surface area contributed by atoms with E-state index in [-0.39, 0.29) is 6.42 Å². The van der Waals surface area contributed by atoms with Gasteiger partial charge < -0.3 is 16.6 Å². The van der Waals surface area contributed by atoms with Crippen molar-refractivity contribution in [2.24, 2.45) is 11.5 Å². The third kappa shape index (κ3) is 3.16. The summed E-state index contributed by atoms with van der Waals surface area (Å²) in [6.45, 7) is 0. The second-order valence-corrected chi connectivity index (χ2v) is 1.90. The van der Waals surface area contributed by atoms with E-state index in [9.17, 15) is 9.59 Å². The minimum Gasteiger partial charge on any atom is -0.480 e. The first-order valence-corrected chi connectivity index (χ1v) is 2.69. The molecule has 10 heavy (non-hydrogen) atoms. The lowest BCUT2D eigenvalue weighted by atomic mass is 10.1. The molecule has 57 valence electrons. The van der Waals surface area contributed by atoms with Gasteiger partial charge in [-0.1, -0.05) is 0 Å². The van der Waals surface area contributed by atoms with Crippen LogP contribution >= 0.6 is 0 Å². The van der Waals surface area contributed by atoms with Gasteiger partial charge in [-0.15, -0.1) is 0 Å². The molecule has 0 heterocycles. The average Bonchev–Trinajstić information content (AvgIpc) is 1.87. The zero-order chi connectivity index (χ0) is 8.15. The van der Waals surface area contributed by atoms with E-state index in [0.29, 0.717) is 0 Å². The number of nitrogens with two attached hydrogens (primary N) is 2. The van der Waals surface area contributed by atoms with E-state index in [1.165, 1.54) is 6.29 Å². The lowest BCUT2D eigenvalue weighted by Gasteiger charge is -2.06. The molecule has 0 aromatic rings. The van der Waals surface area contributed by atoms with E-state index < -0.39 is 18.1 Å². The molecule has 0 saturated carbocycles. The molecule has 5 N–H and O–H groups in total. The Morgan fingerprint density at radius 1 is 1.60 bits per heavy atom. The van der Waals surface area contributed by atoms with Crippen LogP contribution in [0.4, 0.5) is 0 Å². The topological polar surface area (TPSA) is 106 Å². The summed E-state index contributed by atoms with van der Waals surface area (Å²) < 4.78 is 0. The van der Waals surface area contributed by atoms with E-state index in [4.69, 9.17) is 16.6 Å². The van der Waals surface area contributed by atoms with Crippen LogP contribution in [0.2, 0.25) is 0 Å². The second-order valence-electron chi connectivity index (χ2n) is 1.90. The highest BCUT2D eigenvalue weighted by molar-refractivity contribution is 5.74. The number of carbonyl (C=O) groups excluding carboxylic acids is 1. The quantitative estimate of drug-likeness (QED) is 0.433. The first-order valence-electron chi connectivity index (χ1n) is 2.69. The summed E-state index contributed by atoms with van der Waals surface area (Å²) in [5, 5.41) is 8.22. The molecule has 0 amide bonds. The minimum absolute atomic E-state index is 0.0706. The second kappa shape index (κ2) is 3.97. The number of aliphatic carboxylic acids is 1. The largest absolute Gasteiger partial charge is 0.480 e. The van der Waals surface area contributed by atoms with Crippen molar-refractivity contribution in [3.63, 3.8) is 0 Å². The summed E-state index contributed by atoms with van der Waals surface area (Å²) in [4.78, 5) is 19.8. The Bertz CT molecular complexity index is 137. The summed E-state index contributed by atoms with van der Waals surface area (Å²) in [5.41, 5.74) is 10.1. The Morgan fingerprint density at radius 3 is 2.40 bits per heavy atom. The fourth-order valence-electron chi connectivity index (χ4n) is 0.423. The van der Waals surface area contributed by atoms with Gasteiger partial charge in [0.2, 0.25) is 6.29 Å². The first kappa shape index (κ1) is 9.06. The highest BCUT2D eigenvalue weighted by Gasteiger charge is 2.15. The molecule has 5 nitrogen and oxygen atoms in total. The molecule has 0 aromatic carbocycles. The van der Waals surface area contributed by atoms with Crippen LogP contribution in [0.1, 0.15) is 6.42 Å².